The zero-order valence-electron chi connectivity index (χ0n) is 11.3. The lowest BCUT2D eigenvalue weighted by molar-refractivity contribution is 0.623. The van der Waals surface area contributed by atoms with Crippen LogP contribution in [0.25, 0.3) is 0 Å². The number of aryl methyl sites for hydroxylation is 2. The molecule has 0 bridgehead atoms. The van der Waals surface area contributed by atoms with Gasteiger partial charge in [0, 0.05) is 4.90 Å². The second kappa shape index (κ2) is 5.98. The fourth-order valence-electron chi connectivity index (χ4n) is 1.84. The predicted molar refractivity (Wildman–Crippen MR) is 77.1 cm³/mol. The Hall–Kier alpha value is -1.99. The molecule has 0 aliphatic rings. The topological polar surface area (TPSA) is 40.9 Å². The number of nitriles is 1. The Balaban J connectivity index is 2.23. The third kappa shape index (κ3) is 3.12. The first-order chi connectivity index (χ1) is 9.51. The summed E-state index contributed by atoms with van der Waals surface area (Å²) < 4.78 is 25.5. The zero-order chi connectivity index (χ0) is 14.7. The average molecular weight is 287 g/mol. The minimum Gasteiger partial charge on any atom is -0.254 e. The smallest absolute Gasteiger partial charge is 0.140 e. The quantitative estimate of drug-likeness (QED) is 0.865. The molecule has 0 radical (unpaired) electrons. The normalized spacial score (nSPS) is 11.9. The van der Waals surface area contributed by atoms with Crippen LogP contribution < -0.4 is 0 Å². The van der Waals surface area contributed by atoms with Gasteiger partial charge in [-0.25, -0.2) is 4.39 Å². The molecule has 4 heteroatoms. The highest BCUT2D eigenvalue weighted by Crippen LogP contribution is 2.18. The van der Waals surface area contributed by atoms with Crippen molar-refractivity contribution < 1.29 is 8.60 Å². The van der Waals surface area contributed by atoms with Crippen LogP contribution in [0.15, 0.2) is 41.3 Å². The number of hydrogen-bond donors (Lipinski definition) is 0. The molecule has 0 amide bonds. The van der Waals surface area contributed by atoms with E-state index in [0.717, 1.165) is 16.0 Å². The second-order valence-corrected chi connectivity index (χ2v) is 6.11. The van der Waals surface area contributed by atoms with E-state index in [2.05, 4.69) is 0 Å². The molecule has 0 N–H and O–H groups in total. The molecule has 2 rings (SSSR count). The molecule has 2 aromatic carbocycles. The highest BCUT2D eigenvalue weighted by molar-refractivity contribution is 7.84. The maximum atomic E-state index is 13.2. The van der Waals surface area contributed by atoms with E-state index in [-0.39, 0.29) is 11.3 Å². The van der Waals surface area contributed by atoms with Crippen LogP contribution in [-0.2, 0) is 16.6 Å². The van der Waals surface area contributed by atoms with Gasteiger partial charge in [-0.2, -0.15) is 5.26 Å². The molecule has 102 valence electrons. The fourth-order valence-corrected chi connectivity index (χ4v) is 3.02. The lowest BCUT2D eigenvalue weighted by atomic mass is 10.1. The van der Waals surface area contributed by atoms with Crippen molar-refractivity contribution in [2.24, 2.45) is 0 Å². The molecule has 2 nitrogen and oxygen atoms in total. The van der Waals surface area contributed by atoms with Crippen LogP contribution in [0, 0.1) is 31.0 Å². The van der Waals surface area contributed by atoms with Gasteiger partial charge >= 0.3 is 0 Å². The van der Waals surface area contributed by atoms with Crippen LogP contribution in [0.2, 0.25) is 0 Å². The summed E-state index contributed by atoms with van der Waals surface area (Å²) in [6, 6.07) is 11.7. The molecule has 0 saturated heterocycles. The summed E-state index contributed by atoms with van der Waals surface area (Å²) in [7, 11) is -1.20. The van der Waals surface area contributed by atoms with Gasteiger partial charge in [0.05, 0.1) is 22.1 Å². The fraction of sp³-hybridized carbons (Fsp3) is 0.188. The van der Waals surface area contributed by atoms with E-state index in [4.69, 9.17) is 5.26 Å². The van der Waals surface area contributed by atoms with E-state index in [1.54, 1.807) is 12.1 Å². The van der Waals surface area contributed by atoms with Crippen molar-refractivity contribution in [3.05, 3.63) is 64.5 Å². The summed E-state index contributed by atoms with van der Waals surface area (Å²) >= 11 is 0. The standard InChI is InChI=1S/C16H14FNOS/c1-11-3-5-15(7-12(11)2)20(19)10-13-4-6-16(17)14(8-13)9-18/h3-8H,10H2,1-2H3. The molecule has 0 spiro atoms. The van der Waals surface area contributed by atoms with E-state index in [9.17, 15) is 8.60 Å². The van der Waals surface area contributed by atoms with Crippen LogP contribution in [0.5, 0.6) is 0 Å². The predicted octanol–water partition coefficient (Wildman–Crippen LogP) is 3.62. The molecule has 0 aliphatic heterocycles. The van der Waals surface area contributed by atoms with Gasteiger partial charge in [-0.1, -0.05) is 12.1 Å². The summed E-state index contributed by atoms with van der Waals surface area (Å²) in [6.45, 7) is 3.98. The van der Waals surface area contributed by atoms with Gasteiger partial charge in [-0.3, -0.25) is 4.21 Å². The Labute approximate surface area is 120 Å². The Kier molecular flexibility index (Phi) is 4.31. The Bertz CT molecular complexity index is 719. The number of hydrogen-bond acceptors (Lipinski definition) is 2. The van der Waals surface area contributed by atoms with Crippen LogP contribution >= 0.6 is 0 Å². The van der Waals surface area contributed by atoms with Crippen molar-refractivity contribution in [3.63, 3.8) is 0 Å². The van der Waals surface area contributed by atoms with Gasteiger partial charge < -0.3 is 0 Å². The van der Waals surface area contributed by atoms with E-state index < -0.39 is 16.6 Å². The van der Waals surface area contributed by atoms with Crippen LogP contribution in [0.1, 0.15) is 22.3 Å². The lowest BCUT2D eigenvalue weighted by Gasteiger charge is -2.06. The van der Waals surface area contributed by atoms with Gasteiger partial charge in [0.15, 0.2) is 0 Å². The minimum absolute atomic E-state index is 0.0143. The van der Waals surface area contributed by atoms with E-state index in [1.807, 2.05) is 32.0 Å². The Morgan fingerprint density at radius 1 is 1.15 bits per heavy atom. The van der Waals surface area contributed by atoms with Gasteiger partial charge in [0.25, 0.3) is 0 Å². The summed E-state index contributed by atoms with van der Waals surface area (Å²) in [4.78, 5) is 0.746. The maximum Gasteiger partial charge on any atom is 0.140 e. The molecule has 2 aromatic rings. The molecule has 0 saturated carbocycles. The minimum atomic E-state index is -1.20. The SMILES string of the molecule is Cc1ccc(S(=O)Cc2ccc(F)c(C#N)c2)cc1C. The monoisotopic (exact) mass is 287 g/mol. The van der Waals surface area contributed by atoms with E-state index in [1.165, 1.54) is 12.1 Å². The van der Waals surface area contributed by atoms with Crippen molar-refractivity contribution in [2.45, 2.75) is 24.5 Å². The molecule has 0 aromatic heterocycles. The highest BCUT2D eigenvalue weighted by Gasteiger charge is 2.09. The molecule has 20 heavy (non-hydrogen) atoms. The molecular formula is C16H14FNOS. The molecular weight excluding hydrogens is 273 g/mol. The van der Waals surface area contributed by atoms with Crippen molar-refractivity contribution in [2.75, 3.05) is 0 Å². The third-order valence-corrected chi connectivity index (χ3v) is 4.57. The highest BCUT2D eigenvalue weighted by atomic mass is 32.2. The first-order valence-corrected chi connectivity index (χ1v) is 7.47. The zero-order valence-corrected chi connectivity index (χ0v) is 12.1. The number of rotatable bonds is 3. The van der Waals surface area contributed by atoms with Gasteiger partial charge in [-0.15, -0.1) is 0 Å². The van der Waals surface area contributed by atoms with Crippen molar-refractivity contribution in [3.8, 4) is 6.07 Å². The number of halogens is 1. The summed E-state index contributed by atoms with van der Waals surface area (Å²) in [6.07, 6.45) is 0. The summed E-state index contributed by atoms with van der Waals surface area (Å²) in [5.41, 5.74) is 2.92. The summed E-state index contributed by atoms with van der Waals surface area (Å²) in [5, 5.41) is 8.80. The largest absolute Gasteiger partial charge is 0.254 e. The van der Waals surface area contributed by atoms with Crippen LogP contribution in [0.3, 0.4) is 0 Å². The first kappa shape index (κ1) is 14.4. The number of nitrogens with zero attached hydrogens (tertiary/aromatic N) is 1. The van der Waals surface area contributed by atoms with Gasteiger partial charge in [0.1, 0.15) is 11.9 Å². The lowest BCUT2D eigenvalue weighted by Crippen LogP contribution is -1.99. The van der Waals surface area contributed by atoms with Crippen molar-refractivity contribution >= 4 is 10.8 Å². The Morgan fingerprint density at radius 3 is 2.55 bits per heavy atom. The van der Waals surface area contributed by atoms with E-state index >= 15 is 0 Å². The molecule has 0 aliphatic carbocycles. The molecule has 1 atom stereocenters. The van der Waals surface area contributed by atoms with Gasteiger partial charge in [0.2, 0.25) is 0 Å². The van der Waals surface area contributed by atoms with E-state index in [0.29, 0.717) is 5.56 Å². The van der Waals surface area contributed by atoms with Crippen LogP contribution in [0.4, 0.5) is 4.39 Å². The molecule has 0 fully saturated rings. The third-order valence-electron chi connectivity index (χ3n) is 3.19. The van der Waals surface area contributed by atoms with Crippen molar-refractivity contribution in [1.29, 1.82) is 5.26 Å². The number of benzene rings is 2. The van der Waals surface area contributed by atoms with Crippen LogP contribution in [-0.4, -0.2) is 4.21 Å². The van der Waals surface area contributed by atoms with Gasteiger partial charge in [-0.05, 0) is 54.8 Å². The molecule has 0 heterocycles. The average Bonchev–Trinajstić information content (AvgIpc) is 2.43. The van der Waals surface area contributed by atoms with Crippen molar-refractivity contribution in [1.82, 2.24) is 0 Å². The molecule has 1 unspecified atom stereocenters. The maximum absolute atomic E-state index is 13.2. The Morgan fingerprint density at radius 2 is 1.90 bits per heavy atom. The first-order valence-electron chi connectivity index (χ1n) is 6.15. The second-order valence-electron chi connectivity index (χ2n) is 4.66. The summed E-state index contributed by atoms with van der Waals surface area (Å²) in [5.74, 6) is -0.273.